The second-order valence-corrected chi connectivity index (χ2v) is 7.22. The highest BCUT2D eigenvalue weighted by Gasteiger charge is 2.45. The van der Waals surface area contributed by atoms with Crippen LogP contribution in [0.25, 0.3) is 0 Å². The van der Waals surface area contributed by atoms with Gasteiger partial charge in [0, 0.05) is 25.5 Å². The summed E-state index contributed by atoms with van der Waals surface area (Å²) in [5.41, 5.74) is -0.606. The molecule has 1 aromatic rings. The molecule has 0 bridgehead atoms. The average molecular weight is 361 g/mol. The van der Waals surface area contributed by atoms with Crippen molar-refractivity contribution in [3.8, 4) is 5.75 Å². The van der Waals surface area contributed by atoms with Gasteiger partial charge in [0.25, 0.3) is 5.91 Å². The molecule has 1 saturated heterocycles. The number of aliphatic carboxylic acids is 1. The maximum Gasteiger partial charge on any atom is 0.329 e. The third-order valence-electron chi connectivity index (χ3n) is 5.60. The van der Waals surface area contributed by atoms with E-state index in [-0.39, 0.29) is 12.0 Å². The Bertz CT molecular complexity index is 630. The van der Waals surface area contributed by atoms with E-state index in [0.717, 1.165) is 37.9 Å². The summed E-state index contributed by atoms with van der Waals surface area (Å²) in [6, 6.07) is 6.99. The highest BCUT2D eigenvalue weighted by molar-refractivity contribution is 5.97. The van der Waals surface area contributed by atoms with Gasteiger partial charge in [0.15, 0.2) is 0 Å². The van der Waals surface area contributed by atoms with E-state index in [9.17, 15) is 14.7 Å². The smallest absolute Gasteiger partial charge is 0.329 e. The van der Waals surface area contributed by atoms with E-state index in [2.05, 4.69) is 0 Å². The molecule has 1 aliphatic heterocycles. The lowest BCUT2D eigenvalue weighted by molar-refractivity contribution is -0.151. The first kappa shape index (κ1) is 18.7. The van der Waals surface area contributed by atoms with Gasteiger partial charge >= 0.3 is 5.97 Å². The molecule has 1 N–H and O–H groups in total. The Morgan fingerprint density at radius 3 is 2.31 bits per heavy atom. The van der Waals surface area contributed by atoms with Crippen molar-refractivity contribution in [3.63, 3.8) is 0 Å². The lowest BCUT2D eigenvalue weighted by atomic mass is 9.80. The molecule has 2 fully saturated rings. The Labute approximate surface area is 154 Å². The second kappa shape index (κ2) is 8.08. The van der Waals surface area contributed by atoms with Gasteiger partial charge in [0.05, 0.1) is 13.2 Å². The molecule has 2 aliphatic rings. The number of nitrogens with zero attached hydrogens (tertiary/aromatic N) is 1. The van der Waals surface area contributed by atoms with Gasteiger partial charge in [-0.05, 0) is 37.1 Å². The van der Waals surface area contributed by atoms with Crippen LogP contribution in [0.4, 0.5) is 0 Å². The Hall–Kier alpha value is -2.08. The standard InChI is InChI=1S/C20H27NO5/c1-21(20(19(23)24)11-3-2-4-12-20)18(22)15-5-7-16(8-6-15)26-17-9-13-25-14-10-17/h5-8,17H,2-4,9-14H2,1H3,(H,23,24). The number of carbonyl (C=O) groups excluding carboxylic acids is 1. The van der Waals surface area contributed by atoms with Crippen molar-refractivity contribution in [2.24, 2.45) is 0 Å². The van der Waals surface area contributed by atoms with Crippen LogP contribution in [0.1, 0.15) is 55.3 Å². The number of benzene rings is 1. The highest BCUT2D eigenvalue weighted by atomic mass is 16.5. The number of carbonyl (C=O) groups is 2. The molecule has 6 heteroatoms. The number of carboxylic acids is 1. The molecule has 26 heavy (non-hydrogen) atoms. The summed E-state index contributed by atoms with van der Waals surface area (Å²) in [4.78, 5) is 26.2. The quantitative estimate of drug-likeness (QED) is 0.872. The number of likely N-dealkylation sites (N-methyl/N-ethyl adjacent to an activating group) is 1. The first-order chi connectivity index (χ1) is 12.5. The Kier molecular flexibility index (Phi) is 5.81. The molecule has 1 saturated carbocycles. The molecule has 0 unspecified atom stereocenters. The first-order valence-corrected chi connectivity index (χ1v) is 9.39. The fourth-order valence-corrected chi connectivity index (χ4v) is 3.88. The van der Waals surface area contributed by atoms with Crippen LogP contribution in [-0.4, -0.2) is 53.8 Å². The summed E-state index contributed by atoms with van der Waals surface area (Å²) in [6.45, 7) is 1.42. The molecule has 0 atom stereocenters. The van der Waals surface area contributed by atoms with E-state index >= 15 is 0 Å². The van der Waals surface area contributed by atoms with Gasteiger partial charge in [0.2, 0.25) is 0 Å². The van der Waals surface area contributed by atoms with E-state index < -0.39 is 11.5 Å². The summed E-state index contributed by atoms with van der Waals surface area (Å²) in [7, 11) is 1.61. The van der Waals surface area contributed by atoms with Gasteiger partial charge < -0.3 is 19.5 Å². The van der Waals surface area contributed by atoms with E-state index in [1.54, 1.807) is 31.3 Å². The molecule has 0 spiro atoms. The fraction of sp³-hybridized carbons (Fsp3) is 0.600. The Morgan fingerprint density at radius 2 is 1.73 bits per heavy atom. The van der Waals surface area contributed by atoms with Crippen molar-refractivity contribution in [2.45, 2.75) is 56.6 Å². The molecule has 6 nitrogen and oxygen atoms in total. The molecule has 1 aromatic carbocycles. The summed E-state index contributed by atoms with van der Waals surface area (Å²) < 4.78 is 11.2. The fourth-order valence-electron chi connectivity index (χ4n) is 3.88. The van der Waals surface area contributed by atoms with Crippen LogP contribution in [0.2, 0.25) is 0 Å². The molecular weight excluding hydrogens is 334 g/mol. The molecule has 1 amide bonds. The topological polar surface area (TPSA) is 76.1 Å². The number of carboxylic acid groups (broad SMARTS) is 1. The molecule has 1 aliphatic carbocycles. The van der Waals surface area contributed by atoms with Crippen LogP contribution < -0.4 is 4.74 Å². The monoisotopic (exact) mass is 361 g/mol. The van der Waals surface area contributed by atoms with Crippen LogP contribution >= 0.6 is 0 Å². The van der Waals surface area contributed by atoms with E-state index in [1.807, 2.05) is 0 Å². The average Bonchev–Trinajstić information content (AvgIpc) is 2.68. The zero-order valence-corrected chi connectivity index (χ0v) is 15.3. The minimum atomic E-state index is -1.09. The Balaban J connectivity index is 1.69. The van der Waals surface area contributed by atoms with Gasteiger partial charge in [0.1, 0.15) is 17.4 Å². The third-order valence-corrected chi connectivity index (χ3v) is 5.60. The maximum absolute atomic E-state index is 12.9. The lowest BCUT2D eigenvalue weighted by Gasteiger charge is -2.41. The van der Waals surface area contributed by atoms with Crippen molar-refractivity contribution < 1.29 is 24.2 Å². The first-order valence-electron chi connectivity index (χ1n) is 9.39. The summed E-state index contributed by atoms with van der Waals surface area (Å²) in [6.07, 6.45) is 5.59. The van der Waals surface area contributed by atoms with Gasteiger partial charge in [-0.15, -0.1) is 0 Å². The molecule has 0 radical (unpaired) electrons. The summed E-state index contributed by atoms with van der Waals surface area (Å²) >= 11 is 0. The zero-order chi connectivity index (χ0) is 18.6. The number of hydrogen-bond acceptors (Lipinski definition) is 4. The zero-order valence-electron chi connectivity index (χ0n) is 15.3. The molecule has 142 valence electrons. The Morgan fingerprint density at radius 1 is 1.12 bits per heavy atom. The SMILES string of the molecule is CN(C(=O)c1ccc(OC2CCOCC2)cc1)C1(C(=O)O)CCCCC1. The van der Waals surface area contributed by atoms with Crippen molar-refractivity contribution >= 4 is 11.9 Å². The van der Waals surface area contributed by atoms with Gasteiger partial charge in [-0.25, -0.2) is 4.79 Å². The number of ether oxygens (including phenoxy) is 2. The third kappa shape index (κ3) is 3.85. The van der Waals surface area contributed by atoms with Crippen molar-refractivity contribution in [3.05, 3.63) is 29.8 Å². The summed E-state index contributed by atoms with van der Waals surface area (Å²) in [5.74, 6) is -0.443. The maximum atomic E-state index is 12.9. The van der Waals surface area contributed by atoms with E-state index in [1.165, 1.54) is 4.90 Å². The van der Waals surface area contributed by atoms with Crippen molar-refractivity contribution in [1.82, 2.24) is 4.90 Å². The van der Waals surface area contributed by atoms with Gasteiger partial charge in [-0.3, -0.25) is 4.79 Å². The van der Waals surface area contributed by atoms with E-state index in [0.29, 0.717) is 31.6 Å². The van der Waals surface area contributed by atoms with Crippen LogP contribution in [0.5, 0.6) is 5.75 Å². The van der Waals surface area contributed by atoms with E-state index in [4.69, 9.17) is 9.47 Å². The second-order valence-electron chi connectivity index (χ2n) is 7.22. The molecule has 0 aromatic heterocycles. The largest absolute Gasteiger partial charge is 0.490 e. The van der Waals surface area contributed by atoms with Crippen LogP contribution in [-0.2, 0) is 9.53 Å². The highest BCUT2D eigenvalue weighted by Crippen LogP contribution is 2.34. The van der Waals surface area contributed by atoms with Gasteiger partial charge in [-0.1, -0.05) is 19.3 Å². The van der Waals surface area contributed by atoms with Crippen LogP contribution in [0, 0.1) is 0 Å². The lowest BCUT2D eigenvalue weighted by Crippen LogP contribution is -2.56. The molecule has 1 heterocycles. The van der Waals surface area contributed by atoms with Crippen LogP contribution in [0.3, 0.4) is 0 Å². The number of rotatable bonds is 5. The minimum absolute atomic E-state index is 0.144. The van der Waals surface area contributed by atoms with Gasteiger partial charge in [-0.2, -0.15) is 0 Å². The number of hydrogen-bond donors (Lipinski definition) is 1. The normalized spacial score (nSPS) is 20.3. The predicted octanol–water partition coefficient (Wildman–Crippen LogP) is 3.10. The number of amides is 1. The van der Waals surface area contributed by atoms with Crippen LogP contribution in [0.15, 0.2) is 24.3 Å². The minimum Gasteiger partial charge on any atom is -0.490 e. The molecule has 3 rings (SSSR count). The molecular formula is C20H27NO5. The summed E-state index contributed by atoms with van der Waals surface area (Å²) in [5, 5.41) is 9.76. The predicted molar refractivity (Wildman–Crippen MR) is 96.5 cm³/mol. The van der Waals surface area contributed by atoms with Crippen molar-refractivity contribution in [1.29, 1.82) is 0 Å². The van der Waals surface area contributed by atoms with Crippen molar-refractivity contribution in [2.75, 3.05) is 20.3 Å².